The smallest absolute Gasteiger partial charge is 0.723 e. The Morgan fingerprint density at radius 3 is 1.67 bits per heavy atom. The SMILES string of the molecule is CC(C)O[O-].[K+]. The molecule has 0 radical (unpaired) electrons. The van der Waals surface area contributed by atoms with E-state index in [1.54, 1.807) is 13.8 Å². The van der Waals surface area contributed by atoms with Gasteiger partial charge in [-0.1, -0.05) is 0 Å². The topological polar surface area (TPSA) is 32.3 Å². The van der Waals surface area contributed by atoms with Gasteiger partial charge in [0.1, 0.15) is 0 Å². The van der Waals surface area contributed by atoms with Crippen LogP contribution in [0.15, 0.2) is 0 Å². The van der Waals surface area contributed by atoms with Gasteiger partial charge in [0, 0.05) is 6.10 Å². The second-order valence-corrected chi connectivity index (χ2v) is 1.14. The third-order valence-corrected chi connectivity index (χ3v) is 0.192. The van der Waals surface area contributed by atoms with Crippen molar-refractivity contribution in [2.75, 3.05) is 0 Å². The van der Waals surface area contributed by atoms with E-state index in [4.69, 9.17) is 5.26 Å². The molecule has 0 aromatic heterocycles. The van der Waals surface area contributed by atoms with Crippen LogP contribution in [-0.4, -0.2) is 6.10 Å². The maximum atomic E-state index is 9.13. The second kappa shape index (κ2) is 6.56. The standard InChI is InChI=1S/C3H8O2.K/c1-3(2)5-4;/h3-4H,1-2H3;/q;+1/p-1. The molecule has 0 atom stereocenters. The Bertz CT molecular complexity index is 22.8. The van der Waals surface area contributed by atoms with Gasteiger partial charge in [0.2, 0.25) is 0 Å². The van der Waals surface area contributed by atoms with E-state index in [-0.39, 0.29) is 57.5 Å². The van der Waals surface area contributed by atoms with Gasteiger partial charge in [-0.2, -0.15) is 0 Å². The molecule has 0 unspecified atom stereocenters. The van der Waals surface area contributed by atoms with E-state index in [2.05, 4.69) is 4.89 Å². The van der Waals surface area contributed by atoms with E-state index in [0.717, 1.165) is 0 Å². The molecule has 0 bridgehead atoms. The summed E-state index contributed by atoms with van der Waals surface area (Å²) >= 11 is 0. The van der Waals surface area contributed by atoms with Crippen LogP contribution in [0.1, 0.15) is 13.8 Å². The molecule has 0 aliphatic heterocycles. The summed E-state index contributed by atoms with van der Waals surface area (Å²) in [6.45, 7) is 3.38. The molecule has 2 nitrogen and oxygen atoms in total. The van der Waals surface area contributed by atoms with Crippen LogP contribution in [0.3, 0.4) is 0 Å². The maximum absolute atomic E-state index is 9.13. The van der Waals surface area contributed by atoms with Crippen LogP contribution in [0.2, 0.25) is 0 Å². The first-order valence-corrected chi connectivity index (χ1v) is 1.56. The molecule has 0 rings (SSSR count). The molecule has 32 valence electrons. The molecule has 0 aliphatic rings. The molecule has 0 aromatic carbocycles. The van der Waals surface area contributed by atoms with E-state index in [1.807, 2.05) is 0 Å². The molecule has 0 saturated heterocycles. The Morgan fingerprint density at radius 2 is 1.67 bits per heavy atom. The molecule has 0 fully saturated rings. The average Bonchev–Trinajstić information content (AvgIpc) is 1.38. The normalized spacial score (nSPS) is 8.00. The van der Waals surface area contributed by atoms with E-state index in [1.165, 1.54) is 0 Å². The molecule has 0 heterocycles. The van der Waals surface area contributed by atoms with Crippen LogP contribution >= 0.6 is 0 Å². The maximum Gasteiger partial charge on any atom is 1.00 e. The van der Waals surface area contributed by atoms with Crippen molar-refractivity contribution in [1.29, 1.82) is 0 Å². The number of rotatable bonds is 1. The monoisotopic (exact) mass is 114 g/mol. The number of hydrogen-bond acceptors (Lipinski definition) is 2. The fourth-order valence-electron chi connectivity index (χ4n) is 0. The van der Waals surface area contributed by atoms with Gasteiger partial charge in [-0.25, -0.2) is 0 Å². The van der Waals surface area contributed by atoms with Crippen LogP contribution in [-0.2, 0) is 4.89 Å². The van der Waals surface area contributed by atoms with Crippen molar-refractivity contribution in [3.8, 4) is 0 Å². The summed E-state index contributed by atoms with van der Waals surface area (Å²) in [6.07, 6.45) is -0.171. The van der Waals surface area contributed by atoms with Crippen molar-refractivity contribution in [3.05, 3.63) is 0 Å². The third-order valence-electron chi connectivity index (χ3n) is 0.192. The summed E-state index contributed by atoms with van der Waals surface area (Å²) in [4.78, 5) is 3.50. The minimum atomic E-state index is -0.171. The predicted molar refractivity (Wildman–Crippen MR) is 16.2 cm³/mol. The minimum Gasteiger partial charge on any atom is -0.723 e. The van der Waals surface area contributed by atoms with Crippen molar-refractivity contribution in [3.63, 3.8) is 0 Å². The first-order valence-electron chi connectivity index (χ1n) is 1.56. The largest absolute Gasteiger partial charge is 1.00 e. The minimum absolute atomic E-state index is 0. The van der Waals surface area contributed by atoms with Gasteiger partial charge in [0.05, 0.1) is 0 Å². The van der Waals surface area contributed by atoms with Crippen LogP contribution in [0.5, 0.6) is 0 Å². The average molecular weight is 114 g/mol. The van der Waals surface area contributed by atoms with Crippen LogP contribution in [0.25, 0.3) is 0 Å². The Labute approximate surface area is 80.2 Å². The molecule has 0 amide bonds. The zero-order valence-corrected chi connectivity index (χ0v) is 7.52. The van der Waals surface area contributed by atoms with Crippen LogP contribution in [0.4, 0.5) is 0 Å². The van der Waals surface area contributed by atoms with Crippen molar-refractivity contribution in [2.24, 2.45) is 0 Å². The van der Waals surface area contributed by atoms with Crippen molar-refractivity contribution in [2.45, 2.75) is 20.0 Å². The summed E-state index contributed by atoms with van der Waals surface area (Å²) in [7, 11) is 0. The fourth-order valence-corrected chi connectivity index (χ4v) is 0. The summed E-state index contributed by atoms with van der Waals surface area (Å²) in [5.74, 6) is 0. The van der Waals surface area contributed by atoms with Crippen molar-refractivity contribution < 1.29 is 61.5 Å². The van der Waals surface area contributed by atoms with Gasteiger partial charge in [-0.05, 0) is 13.8 Å². The zero-order chi connectivity index (χ0) is 4.28. The van der Waals surface area contributed by atoms with E-state index in [9.17, 15) is 0 Å². The zero-order valence-electron chi connectivity index (χ0n) is 4.39. The predicted octanol–water partition coefficient (Wildman–Crippen LogP) is -3.31. The molecule has 0 spiro atoms. The Morgan fingerprint density at radius 1 is 1.50 bits per heavy atom. The summed E-state index contributed by atoms with van der Waals surface area (Å²) < 4.78 is 0. The fraction of sp³-hybridized carbons (Fsp3) is 1.00. The quantitative estimate of drug-likeness (QED) is 0.203. The van der Waals surface area contributed by atoms with Gasteiger partial charge in [-0.15, -0.1) is 0 Å². The molecule has 6 heavy (non-hydrogen) atoms. The molecule has 0 N–H and O–H groups in total. The van der Waals surface area contributed by atoms with Crippen LogP contribution < -0.4 is 56.6 Å². The molecular formula is C3H7KO2. The molecule has 3 heteroatoms. The van der Waals surface area contributed by atoms with Gasteiger partial charge < -0.3 is 10.1 Å². The first kappa shape index (κ1) is 10.5. The molecule has 0 aliphatic carbocycles. The molecule has 0 aromatic rings. The first-order chi connectivity index (χ1) is 2.27. The van der Waals surface area contributed by atoms with Crippen molar-refractivity contribution in [1.82, 2.24) is 0 Å². The van der Waals surface area contributed by atoms with E-state index in [0.29, 0.717) is 0 Å². The van der Waals surface area contributed by atoms with Gasteiger partial charge in [0.25, 0.3) is 0 Å². The Balaban J connectivity index is 0. The number of hydrogen-bond donors (Lipinski definition) is 0. The summed E-state index contributed by atoms with van der Waals surface area (Å²) in [5.41, 5.74) is 0. The van der Waals surface area contributed by atoms with Gasteiger partial charge in [-0.3, -0.25) is 0 Å². The summed E-state index contributed by atoms with van der Waals surface area (Å²) in [5, 5.41) is 9.13. The molecular weight excluding hydrogens is 107 g/mol. The van der Waals surface area contributed by atoms with Crippen molar-refractivity contribution >= 4 is 0 Å². The summed E-state index contributed by atoms with van der Waals surface area (Å²) in [6, 6.07) is 0. The molecule has 0 saturated carbocycles. The van der Waals surface area contributed by atoms with Gasteiger partial charge in [0.15, 0.2) is 0 Å². The Kier molecular flexibility index (Phi) is 11.5. The second-order valence-electron chi connectivity index (χ2n) is 1.14. The van der Waals surface area contributed by atoms with E-state index < -0.39 is 0 Å². The van der Waals surface area contributed by atoms with Crippen LogP contribution in [0, 0.1) is 0 Å². The Hall–Kier alpha value is 1.56. The van der Waals surface area contributed by atoms with E-state index >= 15 is 0 Å². The third kappa shape index (κ3) is 9.12. The van der Waals surface area contributed by atoms with Gasteiger partial charge >= 0.3 is 51.4 Å².